The van der Waals surface area contributed by atoms with Crippen molar-refractivity contribution in [2.24, 2.45) is 13.0 Å². The minimum Gasteiger partial charge on any atom is -0.492 e. The minimum absolute atomic E-state index is 0.261. The Morgan fingerprint density at radius 2 is 2.04 bits per heavy atom. The molecule has 0 radical (unpaired) electrons. The summed E-state index contributed by atoms with van der Waals surface area (Å²) in [6.07, 6.45) is 5.04. The Kier molecular flexibility index (Phi) is 5.69. The van der Waals surface area contributed by atoms with Gasteiger partial charge in [0, 0.05) is 26.0 Å². The van der Waals surface area contributed by atoms with Crippen LogP contribution in [0.1, 0.15) is 30.3 Å². The molecule has 1 N–H and O–H groups in total. The van der Waals surface area contributed by atoms with Gasteiger partial charge in [0.25, 0.3) is 0 Å². The van der Waals surface area contributed by atoms with E-state index in [4.69, 9.17) is 10.00 Å². The van der Waals surface area contributed by atoms with Gasteiger partial charge in [0.2, 0.25) is 0 Å². The van der Waals surface area contributed by atoms with E-state index in [0.29, 0.717) is 12.2 Å². The maximum Gasteiger partial charge on any atom is 0.137 e. The van der Waals surface area contributed by atoms with Crippen molar-refractivity contribution in [1.29, 1.82) is 5.26 Å². The predicted octanol–water partition coefficient (Wildman–Crippen LogP) is 2.12. The molecule has 1 unspecified atom stereocenters. The Morgan fingerprint density at radius 3 is 2.64 bits per heavy atom. The fourth-order valence-corrected chi connectivity index (χ4v) is 3.28. The van der Waals surface area contributed by atoms with Gasteiger partial charge in [-0.15, -0.1) is 0 Å². The van der Waals surface area contributed by atoms with Crippen LogP contribution >= 0.6 is 0 Å². The lowest BCUT2D eigenvalue weighted by Gasteiger charge is -2.33. The molecule has 1 aliphatic rings. The van der Waals surface area contributed by atoms with E-state index in [-0.39, 0.29) is 5.92 Å². The lowest BCUT2D eigenvalue weighted by atomic mass is 9.91. The third-order valence-electron chi connectivity index (χ3n) is 4.86. The molecule has 0 bridgehead atoms. The molecule has 6 nitrogen and oxygen atoms in total. The number of ether oxygens (including phenoxy) is 1. The molecule has 2 aromatic rings. The number of piperidine rings is 1. The first-order valence-corrected chi connectivity index (χ1v) is 8.68. The molecule has 6 heteroatoms. The Hall–Kier alpha value is -2.36. The van der Waals surface area contributed by atoms with Crippen molar-refractivity contribution >= 4 is 0 Å². The number of aryl methyl sites for hydroxylation is 1. The summed E-state index contributed by atoms with van der Waals surface area (Å²) in [5.74, 6) is 1.80. The van der Waals surface area contributed by atoms with Crippen LogP contribution in [0.4, 0.5) is 0 Å². The van der Waals surface area contributed by atoms with Crippen LogP contribution in [0.15, 0.2) is 36.7 Å². The van der Waals surface area contributed by atoms with Gasteiger partial charge < -0.3 is 14.4 Å². The molecule has 0 spiro atoms. The van der Waals surface area contributed by atoms with Crippen molar-refractivity contribution in [3.05, 3.63) is 48.0 Å². The molecule has 3 rings (SSSR count). The number of aliphatic hydroxyl groups is 1. The normalized spacial score (nSPS) is 17.2. The molecule has 132 valence electrons. The number of aromatic nitrogens is 2. The lowest BCUT2D eigenvalue weighted by molar-refractivity contribution is 0.0478. The van der Waals surface area contributed by atoms with Gasteiger partial charge in [-0.25, -0.2) is 4.98 Å². The predicted molar refractivity (Wildman–Crippen MR) is 94.0 cm³/mol. The molecule has 25 heavy (non-hydrogen) atoms. The molecular weight excluding hydrogens is 316 g/mol. The van der Waals surface area contributed by atoms with E-state index in [1.165, 1.54) is 0 Å². The van der Waals surface area contributed by atoms with Crippen molar-refractivity contribution in [2.75, 3.05) is 26.2 Å². The number of benzene rings is 1. The largest absolute Gasteiger partial charge is 0.492 e. The van der Waals surface area contributed by atoms with Gasteiger partial charge in [-0.05, 0) is 56.1 Å². The first-order chi connectivity index (χ1) is 12.2. The fourth-order valence-electron chi connectivity index (χ4n) is 3.28. The molecule has 1 aliphatic heterocycles. The summed E-state index contributed by atoms with van der Waals surface area (Å²) in [6, 6.07) is 9.28. The van der Waals surface area contributed by atoms with Crippen LogP contribution in [0.2, 0.25) is 0 Å². The van der Waals surface area contributed by atoms with Gasteiger partial charge in [0.05, 0.1) is 11.6 Å². The van der Waals surface area contributed by atoms with Crippen LogP contribution in [0.5, 0.6) is 5.75 Å². The maximum atomic E-state index is 10.5. The van der Waals surface area contributed by atoms with Crippen molar-refractivity contribution < 1.29 is 9.84 Å². The zero-order valence-corrected chi connectivity index (χ0v) is 14.5. The Bertz CT molecular complexity index is 712. The highest BCUT2D eigenvalue weighted by molar-refractivity contribution is 5.34. The molecule has 0 amide bonds. The summed E-state index contributed by atoms with van der Waals surface area (Å²) in [5.41, 5.74) is 0.640. The zero-order valence-electron chi connectivity index (χ0n) is 14.5. The molecule has 2 heterocycles. The van der Waals surface area contributed by atoms with Crippen LogP contribution in [0.3, 0.4) is 0 Å². The monoisotopic (exact) mass is 340 g/mol. The number of hydrogen-bond acceptors (Lipinski definition) is 5. The second-order valence-electron chi connectivity index (χ2n) is 6.50. The van der Waals surface area contributed by atoms with Crippen LogP contribution in [0, 0.1) is 17.2 Å². The Balaban J connectivity index is 1.40. The number of nitriles is 1. The molecule has 1 atom stereocenters. The summed E-state index contributed by atoms with van der Waals surface area (Å²) >= 11 is 0. The molecule has 0 aliphatic carbocycles. The van der Waals surface area contributed by atoms with Crippen LogP contribution < -0.4 is 4.74 Å². The highest BCUT2D eigenvalue weighted by Gasteiger charge is 2.28. The first-order valence-electron chi connectivity index (χ1n) is 8.68. The van der Waals surface area contributed by atoms with Crippen LogP contribution in [-0.4, -0.2) is 45.8 Å². The minimum atomic E-state index is -0.489. The summed E-state index contributed by atoms with van der Waals surface area (Å²) in [4.78, 5) is 6.63. The summed E-state index contributed by atoms with van der Waals surface area (Å²) < 4.78 is 7.63. The average Bonchev–Trinajstić information content (AvgIpc) is 3.08. The SMILES string of the molecule is Cn1ccnc1C(O)C1CCN(CCOc2ccc(C#N)cc2)CC1. The average molecular weight is 340 g/mol. The summed E-state index contributed by atoms with van der Waals surface area (Å²) in [5, 5.41) is 19.3. The van der Waals surface area contributed by atoms with Gasteiger partial charge in [0.1, 0.15) is 24.3 Å². The van der Waals surface area contributed by atoms with Crippen LogP contribution in [0.25, 0.3) is 0 Å². The summed E-state index contributed by atoms with van der Waals surface area (Å²) in [6.45, 7) is 3.41. The van der Waals surface area contributed by atoms with Gasteiger partial charge in [-0.3, -0.25) is 4.90 Å². The van der Waals surface area contributed by atoms with E-state index in [9.17, 15) is 5.11 Å². The quantitative estimate of drug-likeness (QED) is 0.872. The third-order valence-corrected chi connectivity index (χ3v) is 4.86. The molecule has 1 saturated heterocycles. The van der Waals surface area contributed by atoms with Crippen molar-refractivity contribution in [3.63, 3.8) is 0 Å². The van der Waals surface area contributed by atoms with Gasteiger partial charge in [0.15, 0.2) is 0 Å². The molecule has 1 aromatic heterocycles. The van der Waals surface area contributed by atoms with E-state index in [0.717, 1.165) is 44.0 Å². The van der Waals surface area contributed by atoms with Gasteiger partial charge >= 0.3 is 0 Å². The first kappa shape index (κ1) is 17.5. The van der Waals surface area contributed by atoms with E-state index < -0.39 is 6.10 Å². The maximum absolute atomic E-state index is 10.5. The Morgan fingerprint density at radius 1 is 1.32 bits per heavy atom. The standard InChI is InChI=1S/C19H24N4O2/c1-22-11-8-21-19(22)18(24)16-6-9-23(10-7-16)12-13-25-17-4-2-15(14-20)3-5-17/h2-5,8,11,16,18,24H,6-7,9-10,12-13H2,1H3. The molecule has 1 fully saturated rings. The number of imidazole rings is 1. The topological polar surface area (TPSA) is 74.3 Å². The van der Waals surface area contributed by atoms with Crippen molar-refractivity contribution in [2.45, 2.75) is 18.9 Å². The highest BCUT2D eigenvalue weighted by Crippen LogP contribution is 2.29. The van der Waals surface area contributed by atoms with Gasteiger partial charge in [-0.2, -0.15) is 5.26 Å². The smallest absolute Gasteiger partial charge is 0.137 e. The van der Waals surface area contributed by atoms with E-state index in [1.807, 2.05) is 29.9 Å². The summed E-state index contributed by atoms with van der Waals surface area (Å²) in [7, 11) is 1.92. The zero-order chi connectivity index (χ0) is 17.6. The molecule has 0 saturated carbocycles. The number of aliphatic hydroxyl groups excluding tert-OH is 1. The second kappa shape index (κ2) is 8.15. The van der Waals surface area contributed by atoms with E-state index in [1.54, 1.807) is 18.3 Å². The van der Waals surface area contributed by atoms with Gasteiger partial charge in [-0.1, -0.05) is 0 Å². The fraction of sp³-hybridized carbons (Fsp3) is 0.474. The third kappa shape index (κ3) is 4.38. The molecule has 1 aromatic carbocycles. The number of nitrogens with zero attached hydrogens (tertiary/aromatic N) is 4. The number of rotatable bonds is 6. The number of likely N-dealkylation sites (tertiary alicyclic amines) is 1. The van der Waals surface area contributed by atoms with E-state index >= 15 is 0 Å². The second-order valence-corrected chi connectivity index (χ2v) is 6.50. The lowest BCUT2D eigenvalue weighted by Crippen LogP contribution is -2.38. The molecular formula is C19H24N4O2. The highest BCUT2D eigenvalue weighted by atomic mass is 16.5. The van der Waals surface area contributed by atoms with Crippen molar-refractivity contribution in [1.82, 2.24) is 14.5 Å². The van der Waals surface area contributed by atoms with Crippen LogP contribution in [-0.2, 0) is 7.05 Å². The van der Waals surface area contributed by atoms with E-state index in [2.05, 4.69) is 16.0 Å². The number of hydrogen-bond donors (Lipinski definition) is 1. The van der Waals surface area contributed by atoms with Crippen molar-refractivity contribution in [3.8, 4) is 11.8 Å². The Labute approximate surface area is 148 Å².